The summed E-state index contributed by atoms with van der Waals surface area (Å²) in [6, 6.07) is 22.3. The monoisotopic (exact) mass is 656 g/mol. The van der Waals surface area contributed by atoms with Crippen molar-refractivity contribution in [2.75, 3.05) is 11.9 Å². The number of anilines is 1. The fourth-order valence-corrected chi connectivity index (χ4v) is 7.45. The molecule has 6 nitrogen and oxygen atoms in total. The van der Waals surface area contributed by atoms with E-state index in [-0.39, 0.29) is 29.0 Å². The summed E-state index contributed by atoms with van der Waals surface area (Å²) in [4.78, 5) is 43.7. The normalized spacial score (nSPS) is 19.1. The second-order valence-electron chi connectivity index (χ2n) is 14.1. The van der Waals surface area contributed by atoms with Gasteiger partial charge in [-0.3, -0.25) is 14.4 Å². The fourth-order valence-electron chi connectivity index (χ4n) is 7.08. The Hall–Kier alpha value is -3.87. The molecule has 0 bridgehead atoms. The minimum atomic E-state index is -0.662. The third-order valence-corrected chi connectivity index (χ3v) is 9.56. The molecule has 6 rings (SSSR count). The van der Waals surface area contributed by atoms with Crippen LogP contribution in [0.3, 0.4) is 0 Å². The molecule has 0 saturated carbocycles. The summed E-state index contributed by atoms with van der Waals surface area (Å²) in [6.07, 6.45) is 2.08. The molecule has 0 spiro atoms. The van der Waals surface area contributed by atoms with Crippen molar-refractivity contribution in [3.63, 3.8) is 0 Å². The first-order valence-electron chi connectivity index (χ1n) is 15.6. The molecule has 1 N–H and O–H groups in total. The molecule has 3 aromatic carbocycles. The number of hydrogen-bond acceptors (Lipinski definition) is 5. The molecule has 0 unspecified atom stereocenters. The summed E-state index contributed by atoms with van der Waals surface area (Å²) in [5.41, 5.74) is 4.81. The van der Waals surface area contributed by atoms with E-state index < -0.39 is 11.8 Å². The molecule has 3 aromatic rings. The van der Waals surface area contributed by atoms with Gasteiger partial charge in [-0.15, -0.1) is 0 Å². The van der Waals surface area contributed by atoms with E-state index in [9.17, 15) is 14.4 Å². The number of amides is 1. The molecule has 46 heavy (non-hydrogen) atoms. The Bertz CT molecular complexity index is 1740. The first-order chi connectivity index (χ1) is 21.8. The first-order valence-corrected chi connectivity index (χ1v) is 16.4. The van der Waals surface area contributed by atoms with Gasteiger partial charge in [-0.25, -0.2) is 0 Å². The maximum Gasteiger partial charge on any atom is 0.262 e. The molecule has 1 heterocycles. The third kappa shape index (κ3) is 6.51. The number of nitrogens with zero attached hydrogens (tertiary/aromatic N) is 1. The predicted octanol–water partition coefficient (Wildman–Crippen LogP) is 8.90. The third-order valence-electron chi connectivity index (χ3n) is 8.99. The Morgan fingerprint density at radius 3 is 2.02 bits per heavy atom. The summed E-state index contributed by atoms with van der Waals surface area (Å²) in [6.45, 7) is 8.74. The lowest BCUT2D eigenvalue weighted by atomic mass is 9.63. The summed E-state index contributed by atoms with van der Waals surface area (Å²) < 4.78 is 6.16. The number of allylic oxidation sites excluding steroid dienone is 4. The van der Waals surface area contributed by atoms with E-state index in [1.807, 2.05) is 18.2 Å². The smallest absolute Gasteiger partial charge is 0.262 e. The highest BCUT2D eigenvalue weighted by molar-refractivity contribution is 6.33. The number of Topliss-reactive ketones (excluding diaryl/α,β-unsaturated/α-hetero) is 2. The Balaban J connectivity index is 1.47. The highest BCUT2D eigenvalue weighted by Gasteiger charge is 2.49. The molecule has 0 radical (unpaired) electrons. The van der Waals surface area contributed by atoms with Crippen molar-refractivity contribution >= 4 is 46.4 Å². The van der Waals surface area contributed by atoms with Crippen molar-refractivity contribution in [1.82, 2.24) is 4.90 Å². The Labute approximate surface area is 280 Å². The van der Waals surface area contributed by atoms with Gasteiger partial charge in [0, 0.05) is 58.4 Å². The number of nitrogens with one attached hydrogen (secondary N) is 1. The van der Waals surface area contributed by atoms with Gasteiger partial charge in [0.25, 0.3) is 5.91 Å². The van der Waals surface area contributed by atoms with Gasteiger partial charge >= 0.3 is 0 Å². The van der Waals surface area contributed by atoms with Crippen molar-refractivity contribution in [3.05, 3.63) is 117 Å². The minimum Gasteiger partial charge on any atom is -0.483 e. The zero-order valence-corrected chi connectivity index (χ0v) is 28.1. The van der Waals surface area contributed by atoms with E-state index in [2.05, 4.69) is 50.0 Å². The molecular formula is C38H38Cl2N2O4. The SMILES string of the molecule is CC1(C)CC(=O)C2=C(C1)N(Cc1ccccc1)C1=C(C(=O)CC(C)(C)C1)C2c1cc(Cl)ccc1OCC(=O)Nc1ccccc1Cl. The van der Waals surface area contributed by atoms with Crippen LogP contribution in [0.15, 0.2) is 95.3 Å². The zero-order valence-electron chi connectivity index (χ0n) is 26.6. The van der Waals surface area contributed by atoms with Crippen molar-refractivity contribution in [3.8, 4) is 5.75 Å². The molecule has 1 amide bonds. The van der Waals surface area contributed by atoms with Crippen LogP contribution in [0, 0.1) is 10.8 Å². The largest absolute Gasteiger partial charge is 0.483 e. The van der Waals surface area contributed by atoms with E-state index in [4.69, 9.17) is 27.9 Å². The number of halogens is 2. The predicted molar refractivity (Wildman–Crippen MR) is 182 cm³/mol. The number of benzene rings is 3. The Kier molecular flexibility index (Phi) is 8.64. The van der Waals surface area contributed by atoms with Gasteiger partial charge in [0.15, 0.2) is 18.2 Å². The number of rotatable bonds is 7. The summed E-state index contributed by atoms with van der Waals surface area (Å²) in [7, 11) is 0. The highest BCUT2D eigenvalue weighted by Crippen LogP contribution is 2.56. The lowest BCUT2D eigenvalue weighted by Crippen LogP contribution is -2.44. The van der Waals surface area contributed by atoms with E-state index in [1.54, 1.807) is 42.5 Å². The topological polar surface area (TPSA) is 75.7 Å². The molecule has 0 aromatic heterocycles. The van der Waals surface area contributed by atoms with Gasteiger partial charge in [0.2, 0.25) is 0 Å². The average molecular weight is 658 g/mol. The number of carbonyl (C=O) groups is 3. The van der Waals surface area contributed by atoms with Crippen LogP contribution in [-0.4, -0.2) is 29.0 Å². The second kappa shape index (κ2) is 12.4. The van der Waals surface area contributed by atoms with E-state index in [1.165, 1.54) is 0 Å². The van der Waals surface area contributed by atoms with Crippen molar-refractivity contribution in [1.29, 1.82) is 0 Å². The van der Waals surface area contributed by atoms with Gasteiger partial charge < -0.3 is 15.0 Å². The fraction of sp³-hybridized carbons (Fsp3) is 0.342. The zero-order chi connectivity index (χ0) is 32.8. The van der Waals surface area contributed by atoms with Crippen LogP contribution in [0.25, 0.3) is 0 Å². The molecule has 8 heteroatoms. The molecule has 2 aliphatic carbocycles. The van der Waals surface area contributed by atoms with Crippen LogP contribution in [0.4, 0.5) is 5.69 Å². The van der Waals surface area contributed by atoms with Crippen molar-refractivity contribution in [2.24, 2.45) is 10.8 Å². The molecule has 238 valence electrons. The molecule has 1 aliphatic heterocycles. The highest BCUT2D eigenvalue weighted by atomic mass is 35.5. The van der Waals surface area contributed by atoms with Crippen LogP contribution in [0.2, 0.25) is 10.0 Å². The van der Waals surface area contributed by atoms with Crippen LogP contribution < -0.4 is 10.1 Å². The molecule has 0 atom stereocenters. The Morgan fingerprint density at radius 1 is 0.826 bits per heavy atom. The quantitative estimate of drug-likeness (QED) is 0.275. The van der Waals surface area contributed by atoms with E-state index in [0.29, 0.717) is 70.4 Å². The molecule has 0 fully saturated rings. The number of carbonyl (C=O) groups excluding carboxylic acids is 3. The van der Waals surface area contributed by atoms with Crippen LogP contribution >= 0.6 is 23.2 Å². The lowest BCUT2D eigenvalue weighted by Gasteiger charge is -2.49. The van der Waals surface area contributed by atoms with Gasteiger partial charge in [-0.1, -0.05) is 93.4 Å². The van der Waals surface area contributed by atoms with Gasteiger partial charge in [-0.2, -0.15) is 0 Å². The average Bonchev–Trinajstić information content (AvgIpc) is 2.98. The van der Waals surface area contributed by atoms with Crippen molar-refractivity contribution < 1.29 is 19.1 Å². The first kappa shape index (κ1) is 32.1. The van der Waals surface area contributed by atoms with Gasteiger partial charge in [0.1, 0.15) is 5.75 Å². The molecule has 3 aliphatic rings. The number of ketones is 2. The maximum absolute atomic E-state index is 14.3. The van der Waals surface area contributed by atoms with Gasteiger partial charge in [0.05, 0.1) is 10.7 Å². The number of para-hydroxylation sites is 1. The van der Waals surface area contributed by atoms with Crippen LogP contribution in [0.1, 0.15) is 70.4 Å². The number of ether oxygens (including phenoxy) is 1. The number of hydrogen-bond donors (Lipinski definition) is 1. The minimum absolute atomic E-state index is 0.0147. The molecule has 0 saturated heterocycles. The van der Waals surface area contributed by atoms with Crippen LogP contribution in [0.5, 0.6) is 5.75 Å². The maximum atomic E-state index is 14.3. The van der Waals surface area contributed by atoms with E-state index in [0.717, 1.165) is 17.0 Å². The summed E-state index contributed by atoms with van der Waals surface area (Å²) in [5, 5.41) is 3.66. The second-order valence-corrected chi connectivity index (χ2v) is 14.9. The molecular weight excluding hydrogens is 619 g/mol. The Morgan fingerprint density at radius 2 is 1.41 bits per heavy atom. The summed E-state index contributed by atoms with van der Waals surface area (Å²) in [5.74, 6) is -0.627. The lowest BCUT2D eigenvalue weighted by molar-refractivity contribution is -0.120. The van der Waals surface area contributed by atoms with Crippen molar-refractivity contribution in [2.45, 2.75) is 65.8 Å². The standard InChI is InChI=1S/C38H38Cl2N2O4/c1-37(2)17-28-35(30(43)19-37)34(36-29(18-38(3,4)20-31(36)44)42(28)21-23-10-6-5-7-11-23)25-16-24(39)14-15-32(25)46-22-33(45)41-27-13-9-8-12-26(27)40/h5-16,34H,17-22H2,1-4H3,(H,41,45). The summed E-state index contributed by atoms with van der Waals surface area (Å²) >= 11 is 12.9. The van der Waals surface area contributed by atoms with E-state index >= 15 is 0 Å². The van der Waals surface area contributed by atoms with Gasteiger partial charge in [-0.05, 0) is 59.6 Å². The van der Waals surface area contributed by atoms with Crippen LogP contribution in [-0.2, 0) is 20.9 Å².